The quantitative estimate of drug-likeness (QED) is 0.835. The molecule has 3 rings (SSSR count). The number of aromatic nitrogens is 2. The Morgan fingerprint density at radius 3 is 2.88 bits per heavy atom. The third-order valence-electron chi connectivity index (χ3n) is 4.87. The Morgan fingerprint density at radius 1 is 1.42 bits per heavy atom. The first-order chi connectivity index (χ1) is 12.5. The van der Waals surface area contributed by atoms with Gasteiger partial charge in [0.1, 0.15) is 0 Å². The summed E-state index contributed by atoms with van der Waals surface area (Å²) in [7, 11) is 0. The first-order valence-corrected chi connectivity index (χ1v) is 9.54. The van der Waals surface area contributed by atoms with Crippen LogP contribution in [-0.4, -0.2) is 40.1 Å². The Labute approximate surface area is 158 Å². The van der Waals surface area contributed by atoms with E-state index in [2.05, 4.69) is 27.3 Å². The molecule has 1 aliphatic heterocycles. The number of hydrogen-bond donors (Lipinski definition) is 1. The average Bonchev–Trinajstić information content (AvgIpc) is 3.10. The van der Waals surface area contributed by atoms with Crippen LogP contribution in [-0.2, 0) is 11.3 Å². The zero-order valence-corrected chi connectivity index (χ0v) is 16.0. The van der Waals surface area contributed by atoms with Crippen LogP contribution in [0, 0.1) is 5.92 Å². The maximum absolute atomic E-state index is 12.2. The lowest BCUT2D eigenvalue weighted by Gasteiger charge is -2.30. The molecule has 1 aromatic heterocycles. The van der Waals surface area contributed by atoms with Crippen molar-refractivity contribution >= 4 is 17.5 Å². The third kappa shape index (κ3) is 4.83. The highest BCUT2D eigenvalue weighted by molar-refractivity contribution is 6.30. The summed E-state index contributed by atoms with van der Waals surface area (Å²) >= 11 is 6.01. The van der Waals surface area contributed by atoms with Crippen molar-refractivity contribution in [1.82, 2.24) is 20.4 Å². The Bertz CT molecular complexity index is 741. The van der Waals surface area contributed by atoms with Crippen LogP contribution in [0.3, 0.4) is 0 Å². The molecule has 0 bridgehead atoms. The molecule has 1 unspecified atom stereocenters. The molecule has 1 amide bonds. The lowest BCUT2D eigenvalue weighted by Crippen LogP contribution is -2.42. The number of piperidine rings is 1. The molecule has 0 aliphatic carbocycles. The lowest BCUT2D eigenvalue weighted by molar-refractivity contribution is -0.127. The van der Waals surface area contributed by atoms with Crippen LogP contribution in [0.4, 0.5) is 0 Å². The fourth-order valence-electron chi connectivity index (χ4n) is 3.07. The predicted molar refractivity (Wildman–Crippen MR) is 101 cm³/mol. The number of carbonyl (C=O) groups excluding carboxylic acids is 1. The minimum atomic E-state index is 0.102. The number of likely N-dealkylation sites (tertiary alicyclic amines) is 1. The summed E-state index contributed by atoms with van der Waals surface area (Å²) in [4.78, 5) is 19.0. The van der Waals surface area contributed by atoms with Crippen LogP contribution < -0.4 is 5.32 Å². The lowest BCUT2D eigenvalue weighted by atomic mass is 9.95. The molecule has 0 radical (unpaired) electrons. The van der Waals surface area contributed by atoms with E-state index in [1.807, 2.05) is 31.2 Å². The smallest absolute Gasteiger partial charge is 0.241 e. The van der Waals surface area contributed by atoms with Gasteiger partial charge in [-0.15, -0.1) is 0 Å². The SMILES string of the molecule is CCC(C)NC(=O)C1CCN(Cc2nc(-c3cccc(Cl)c3)no2)CC1. The average molecular weight is 377 g/mol. The number of benzene rings is 1. The summed E-state index contributed by atoms with van der Waals surface area (Å²) < 4.78 is 5.38. The van der Waals surface area contributed by atoms with Crippen molar-refractivity contribution in [3.8, 4) is 11.4 Å². The summed E-state index contributed by atoms with van der Waals surface area (Å²) in [6.45, 7) is 6.43. The number of nitrogens with zero attached hydrogens (tertiary/aromatic N) is 3. The van der Waals surface area contributed by atoms with Crippen LogP contribution in [0.2, 0.25) is 5.02 Å². The van der Waals surface area contributed by atoms with Crippen molar-refractivity contribution in [2.75, 3.05) is 13.1 Å². The molecular formula is C19H25ClN4O2. The predicted octanol–water partition coefficient (Wildman–Crippen LogP) is 3.52. The largest absolute Gasteiger partial charge is 0.353 e. The molecule has 1 aromatic carbocycles. The molecule has 1 atom stereocenters. The van der Waals surface area contributed by atoms with Gasteiger partial charge in [-0.2, -0.15) is 4.98 Å². The minimum Gasteiger partial charge on any atom is -0.353 e. The van der Waals surface area contributed by atoms with Gasteiger partial charge in [0.05, 0.1) is 6.54 Å². The second-order valence-electron chi connectivity index (χ2n) is 6.89. The fraction of sp³-hybridized carbons (Fsp3) is 0.526. The van der Waals surface area contributed by atoms with Crippen molar-refractivity contribution in [2.45, 2.75) is 45.7 Å². The molecule has 26 heavy (non-hydrogen) atoms. The van der Waals surface area contributed by atoms with E-state index in [0.29, 0.717) is 23.3 Å². The normalized spacial score (nSPS) is 17.2. The van der Waals surface area contributed by atoms with Crippen LogP contribution in [0.5, 0.6) is 0 Å². The number of hydrogen-bond acceptors (Lipinski definition) is 5. The van der Waals surface area contributed by atoms with Crippen molar-refractivity contribution in [2.24, 2.45) is 5.92 Å². The Hall–Kier alpha value is -1.92. The summed E-state index contributed by atoms with van der Waals surface area (Å²) in [6.07, 6.45) is 2.67. The van der Waals surface area contributed by atoms with E-state index in [4.69, 9.17) is 16.1 Å². The molecule has 0 spiro atoms. The van der Waals surface area contributed by atoms with Gasteiger partial charge in [-0.05, 0) is 51.4 Å². The van der Waals surface area contributed by atoms with Crippen molar-refractivity contribution in [3.05, 3.63) is 35.2 Å². The van der Waals surface area contributed by atoms with E-state index in [1.165, 1.54) is 0 Å². The molecule has 140 valence electrons. The van der Waals surface area contributed by atoms with Gasteiger partial charge in [0.25, 0.3) is 0 Å². The molecular weight excluding hydrogens is 352 g/mol. The van der Waals surface area contributed by atoms with E-state index < -0.39 is 0 Å². The molecule has 6 nitrogen and oxygen atoms in total. The first-order valence-electron chi connectivity index (χ1n) is 9.16. The van der Waals surface area contributed by atoms with Crippen molar-refractivity contribution in [3.63, 3.8) is 0 Å². The van der Waals surface area contributed by atoms with Gasteiger partial charge in [-0.3, -0.25) is 9.69 Å². The van der Waals surface area contributed by atoms with Crippen molar-refractivity contribution < 1.29 is 9.32 Å². The molecule has 7 heteroatoms. The summed E-state index contributed by atoms with van der Waals surface area (Å²) in [5.74, 6) is 1.41. The Kier molecular flexibility index (Phi) is 6.27. The van der Waals surface area contributed by atoms with Crippen LogP contribution in [0.1, 0.15) is 39.0 Å². The van der Waals surface area contributed by atoms with Gasteiger partial charge in [0.15, 0.2) is 0 Å². The molecule has 1 N–H and O–H groups in total. The first kappa shape index (κ1) is 18.9. The van der Waals surface area contributed by atoms with Crippen LogP contribution in [0.25, 0.3) is 11.4 Å². The maximum Gasteiger partial charge on any atom is 0.241 e. The van der Waals surface area contributed by atoms with E-state index in [9.17, 15) is 4.79 Å². The van der Waals surface area contributed by atoms with Gasteiger partial charge in [0.2, 0.25) is 17.6 Å². The molecule has 2 heterocycles. The molecule has 1 fully saturated rings. The van der Waals surface area contributed by atoms with Gasteiger partial charge in [-0.1, -0.05) is 35.8 Å². The van der Waals surface area contributed by atoms with Crippen LogP contribution in [0.15, 0.2) is 28.8 Å². The number of nitrogens with one attached hydrogen (secondary N) is 1. The maximum atomic E-state index is 12.2. The molecule has 1 aliphatic rings. The molecule has 2 aromatic rings. The van der Waals surface area contributed by atoms with Gasteiger partial charge in [-0.25, -0.2) is 0 Å². The van der Waals surface area contributed by atoms with Crippen molar-refractivity contribution in [1.29, 1.82) is 0 Å². The van der Waals surface area contributed by atoms with Gasteiger partial charge in [0, 0.05) is 22.5 Å². The number of carbonyl (C=O) groups is 1. The van der Waals surface area contributed by atoms with E-state index in [1.54, 1.807) is 0 Å². The standard InChI is InChI=1S/C19H25ClN4O2/c1-3-13(2)21-19(25)14-7-9-24(10-8-14)12-17-22-18(23-26-17)15-5-4-6-16(20)11-15/h4-6,11,13-14H,3,7-10,12H2,1-2H3,(H,21,25). The summed E-state index contributed by atoms with van der Waals surface area (Å²) in [5, 5.41) is 7.77. The number of halogens is 1. The van der Waals surface area contributed by atoms with Gasteiger partial charge >= 0.3 is 0 Å². The van der Waals surface area contributed by atoms with E-state index in [0.717, 1.165) is 37.9 Å². The Balaban J connectivity index is 1.51. The fourth-order valence-corrected chi connectivity index (χ4v) is 3.26. The number of amides is 1. The Morgan fingerprint density at radius 2 is 2.19 bits per heavy atom. The summed E-state index contributed by atoms with van der Waals surface area (Å²) in [6, 6.07) is 7.64. The van der Waals surface area contributed by atoms with E-state index >= 15 is 0 Å². The summed E-state index contributed by atoms with van der Waals surface area (Å²) in [5.41, 5.74) is 0.841. The molecule has 0 saturated carbocycles. The zero-order chi connectivity index (χ0) is 18.5. The third-order valence-corrected chi connectivity index (χ3v) is 5.10. The van der Waals surface area contributed by atoms with Gasteiger partial charge < -0.3 is 9.84 Å². The topological polar surface area (TPSA) is 71.3 Å². The highest BCUT2D eigenvalue weighted by Gasteiger charge is 2.26. The second-order valence-corrected chi connectivity index (χ2v) is 7.33. The highest BCUT2D eigenvalue weighted by Crippen LogP contribution is 2.22. The van der Waals surface area contributed by atoms with E-state index in [-0.39, 0.29) is 17.9 Å². The second kappa shape index (κ2) is 8.64. The zero-order valence-electron chi connectivity index (χ0n) is 15.2. The molecule has 1 saturated heterocycles. The number of rotatable bonds is 6. The monoisotopic (exact) mass is 376 g/mol. The van der Waals surface area contributed by atoms with Crippen LogP contribution >= 0.6 is 11.6 Å². The minimum absolute atomic E-state index is 0.102. The highest BCUT2D eigenvalue weighted by atomic mass is 35.5.